The summed E-state index contributed by atoms with van der Waals surface area (Å²) in [7, 11) is 0. The maximum Gasteiger partial charge on any atom is 0.160 e. The van der Waals surface area contributed by atoms with Crippen LogP contribution in [0.15, 0.2) is 243 Å². The second kappa shape index (κ2) is 16.9. The molecule has 13 rings (SSSR count). The quantitative estimate of drug-likeness (QED) is 0.152. The third kappa shape index (κ3) is 6.84. The van der Waals surface area contributed by atoms with E-state index in [-0.39, 0.29) is 0 Å². The average molecular weight is 895 g/mol. The number of rotatable bonds is 8. The number of aromatic nitrogens is 4. The zero-order valence-electron chi connectivity index (χ0n) is 38.9. The summed E-state index contributed by atoms with van der Waals surface area (Å²) in [4.78, 5) is 10.7. The first-order valence-corrected chi connectivity index (χ1v) is 24.0. The molecule has 0 unspecified atom stereocenters. The highest BCUT2D eigenvalue weighted by atomic mass is 15.0. The van der Waals surface area contributed by atoms with Gasteiger partial charge in [0.25, 0.3) is 0 Å². The molecule has 0 bridgehead atoms. The van der Waals surface area contributed by atoms with Gasteiger partial charge in [0, 0.05) is 49.4 Å². The molecule has 3 heterocycles. The van der Waals surface area contributed by atoms with Crippen LogP contribution in [0.2, 0.25) is 0 Å². The van der Waals surface area contributed by atoms with Crippen molar-refractivity contribution in [3.63, 3.8) is 0 Å². The van der Waals surface area contributed by atoms with Gasteiger partial charge in [-0.2, -0.15) is 0 Å². The molecule has 3 aromatic heterocycles. The van der Waals surface area contributed by atoms with Crippen LogP contribution in [0, 0.1) is 13.8 Å². The molecule has 70 heavy (non-hydrogen) atoms. The Hall–Kier alpha value is -9.12. The first-order chi connectivity index (χ1) is 34.6. The summed E-state index contributed by atoms with van der Waals surface area (Å²) in [6.45, 7) is 4.38. The van der Waals surface area contributed by atoms with Crippen molar-refractivity contribution in [2.45, 2.75) is 13.8 Å². The van der Waals surface area contributed by atoms with Gasteiger partial charge in [0.15, 0.2) is 5.82 Å². The van der Waals surface area contributed by atoms with E-state index < -0.39 is 0 Å². The molecule has 13 aromatic rings. The molecule has 0 radical (unpaired) electrons. The van der Waals surface area contributed by atoms with Crippen LogP contribution in [0.1, 0.15) is 11.1 Å². The molecule has 4 nitrogen and oxygen atoms in total. The number of hydrogen-bond acceptors (Lipinski definition) is 2. The van der Waals surface area contributed by atoms with Crippen LogP contribution < -0.4 is 0 Å². The third-order valence-corrected chi connectivity index (χ3v) is 14.1. The average Bonchev–Trinajstić information content (AvgIpc) is 3.93. The van der Waals surface area contributed by atoms with Crippen LogP contribution >= 0.6 is 0 Å². The van der Waals surface area contributed by atoms with Crippen molar-refractivity contribution >= 4 is 43.6 Å². The van der Waals surface area contributed by atoms with Crippen molar-refractivity contribution in [3.8, 4) is 78.7 Å². The molecule has 0 amide bonds. The van der Waals surface area contributed by atoms with E-state index in [1.165, 1.54) is 54.9 Å². The predicted molar refractivity (Wildman–Crippen MR) is 293 cm³/mol. The Bertz CT molecular complexity index is 4080. The van der Waals surface area contributed by atoms with Gasteiger partial charge in [0.05, 0.1) is 44.8 Å². The number of aryl methyl sites for hydroxylation is 2. The number of fused-ring (bicyclic) bond motifs is 6. The molecule has 330 valence electrons. The molecule has 0 aliphatic heterocycles. The molecule has 0 spiro atoms. The van der Waals surface area contributed by atoms with Crippen molar-refractivity contribution in [2.24, 2.45) is 0 Å². The van der Waals surface area contributed by atoms with Crippen molar-refractivity contribution in [1.29, 1.82) is 0 Å². The highest BCUT2D eigenvalue weighted by Gasteiger charge is 2.25. The molecular formula is C66H46N4. The van der Waals surface area contributed by atoms with Crippen LogP contribution in [-0.2, 0) is 0 Å². The zero-order chi connectivity index (χ0) is 46.7. The van der Waals surface area contributed by atoms with E-state index in [0.717, 1.165) is 72.6 Å². The lowest BCUT2D eigenvalue weighted by atomic mass is 9.93. The lowest BCUT2D eigenvalue weighted by Gasteiger charge is -2.22. The molecule has 4 heteroatoms. The number of benzene rings is 10. The molecular weight excluding hydrogens is 849 g/mol. The van der Waals surface area contributed by atoms with Gasteiger partial charge in [-0.15, -0.1) is 0 Å². The SMILES string of the molecule is Cc1ccccc1-c1ccc2c(c1)c1ccccc1n2-c1ccccc1-c1c(-c2cc(-c3ccccc3)nc(-c3ccccc3)n2)cccc1-n1c2ccccc2c2cc(-c3ccccc3C)ccc21. The van der Waals surface area contributed by atoms with Gasteiger partial charge >= 0.3 is 0 Å². The van der Waals surface area contributed by atoms with Crippen LogP contribution in [0.3, 0.4) is 0 Å². The summed E-state index contributed by atoms with van der Waals surface area (Å²) >= 11 is 0. The topological polar surface area (TPSA) is 35.6 Å². The first-order valence-electron chi connectivity index (χ1n) is 24.0. The third-order valence-electron chi connectivity index (χ3n) is 14.1. The van der Waals surface area contributed by atoms with E-state index in [1.54, 1.807) is 0 Å². The Morgan fingerprint density at radius 2 is 0.729 bits per heavy atom. The summed E-state index contributed by atoms with van der Waals surface area (Å²) in [5, 5.41) is 4.82. The first kappa shape index (κ1) is 41.1. The predicted octanol–water partition coefficient (Wildman–Crippen LogP) is 17.3. The maximum absolute atomic E-state index is 5.50. The summed E-state index contributed by atoms with van der Waals surface area (Å²) in [6.07, 6.45) is 0. The zero-order valence-corrected chi connectivity index (χ0v) is 38.9. The van der Waals surface area contributed by atoms with Crippen molar-refractivity contribution in [2.75, 3.05) is 0 Å². The van der Waals surface area contributed by atoms with E-state index in [0.29, 0.717) is 5.82 Å². The second-order valence-corrected chi connectivity index (χ2v) is 18.2. The lowest BCUT2D eigenvalue weighted by molar-refractivity contribution is 1.15. The Kier molecular flexibility index (Phi) is 9.91. The van der Waals surface area contributed by atoms with Crippen LogP contribution in [-0.4, -0.2) is 19.1 Å². The van der Waals surface area contributed by atoms with E-state index in [9.17, 15) is 0 Å². The van der Waals surface area contributed by atoms with Crippen molar-refractivity contribution < 1.29 is 0 Å². The molecule has 0 fully saturated rings. The standard InChI is InChI=1S/C66H46N4/c1-43-20-9-11-26-49(43)47-36-38-62-55(40-47)51-28-13-16-32-59(51)69(62)61-34-18-15-30-54(61)65-53(58-42-57(45-22-5-3-6-23-45)67-66(68-58)46-24-7-4-8-25-46)31-19-35-64(65)70-60-33-17-14-29-52(60)56-41-48(37-39-63(56)70)50-27-12-10-21-44(50)2/h3-42H,1-2H3. The minimum atomic E-state index is 0.675. The number of hydrogen-bond donors (Lipinski definition) is 0. The molecule has 0 N–H and O–H groups in total. The van der Waals surface area contributed by atoms with Crippen molar-refractivity contribution in [3.05, 3.63) is 254 Å². The maximum atomic E-state index is 5.50. The fourth-order valence-corrected chi connectivity index (χ4v) is 10.8. The van der Waals surface area contributed by atoms with Crippen LogP contribution in [0.25, 0.3) is 122 Å². The molecule has 0 saturated heterocycles. The van der Waals surface area contributed by atoms with Gasteiger partial charge < -0.3 is 9.13 Å². The summed E-state index contributed by atoms with van der Waals surface area (Å²) in [5.74, 6) is 0.675. The molecule has 10 aromatic carbocycles. The van der Waals surface area contributed by atoms with Gasteiger partial charge in [-0.25, -0.2) is 9.97 Å². The van der Waals surface area contributed by atoms with Crippen molar-refractivity contribution in [1.82, 2.24) is 19.1 Å². The monoisotopic (exact) mass is 894 g/mol. The second-order valence-electron chi connectivity index (χ2n) is 18.2. The molecule has 0 saturated carbocycles. The summed E-state index contributed by atoms with van der Waals surface area (Å²) < 4.78 is 4.94. The van der Waals surface area contributed by atoms with Crippen LogP contribution in [0.5, 0.6) is 0 Å². The Morgan fingerprint density at radius 1 is 0.286 bits per heavy atom. The Morgan fingerprint density at radius 3 is 1.33 bits per heavy atom. The molecule has 0 atom stereocenters. The molecule has 0 aliphatic carbocycles. The van der Waals surface area contributed by atoms with E-state index >= 15 is 0 Å². The number of para-hydroxylation sites is 3. The Labute approximate surface area is 407 Å². The van der Waals surface area contributed by atoms with Gasteiger partial charge in [-0.3, -0.25) is 0 Å². The summed E-state index contributed by atoms with van der Waals surface area (Å²) in [6, 6.07) is 87.5. The number of nitrogens with zero attached hydrogens (tertiary/aromatic N) is 4. The van der Waals surface area contributed by atoms with Gasteiger partial charge in [-0.05, 0) is 102 Å². The van der Waals surface area contributed by atoms with Gasteiger partial charge in [0.1, 0.15) is 0 Å². The van der Waals surface area contributed by atoms with E-state index in [1.807, 2.05) is 6.07 Å². The lowest BCUT2D eigenvalue weighted by Crippen LogP contribution is -2.04. The normalized spacial score (nSPS) is 11.6. The molecule has 0 aliphatic rings. The largest absolute Gasteiger partial charge is 0.309 e. The smallest absolute Gasteiger partial charge is 0.160 e. The van der Waals surface area contributed by atoms with Gasteiger partial charge in [-0.1, -0.05) is 188 Å². The van der Waals surface area contributed by atoms with E-state index in [4.69, 9.17) is 9.97 Å². The van der Waals surface area contributed by atoms with Gasteiger partial charge in [0.2, 0.25) is 0 Å². The highest BCUT2D eigenvalue weighted by molar-refractivity contribution is 6.13. The van der Waals surface area contributed by atoms with E-state index in [2.05, 4.69) is 260 Å². The van der Waals surface area contributed by atoms with Crippen LogP contribution in [0.4, 0.5) is 0 Å². The minimum absolute atomic E-state index is 0.675. The fourth-order valence-electron chi connectivity index (χ4n) is 10.8. The Balaban J connectivity index is 1.13. The summed E-state index contributed by atoms with van der Waals surface area (Å²) in [5.41, 5.74) is 20.9. The minimum Gasteiger partial charge on any atom is -0.309 e. The fraction of sp³-hybridized carbons (Fsp3) is 0.0303. The highest BCUT2D eigenvalue weighted by Crippen LogP contribution is 2.46.